The van der Waals surface area contributed by atoms with E-state index in [0.717, 1.165) is 24.9 Å². The summed E-state index contributed by atoms with van der Waals surface area (Å²) in [6, 6.07) is 6.63. The SMILES string of the molecule is Cc1ccc(N[C@H]2CCCC[C@@H]2O)cc1C. The molecule has 2 atom stereocenters. The summed E-state index contributed by atoms with van der Waals surface area (Å²) in [7, 11) is 0. The second-order valence-corrected chi connectivity index (χ2v) is 4.90. The van der Waals surface area contributed by atoms with Crippen molar-refractivity contribution in [2.24, 2.45) is 0 Å². The molecule has 0 heterocycles. The van der Waals surface area contributed by atoms with Crippen molar-refractivity contribution in [3.63, 3.8) is 0 Å². The van der Waals surface area contributed by atoms with Gasteiger partial charge in [0.15, 0.2) is 0 Å². The fraction of sp³-hybridized carbons (Fsp3) is 0.571. The molecule has 1 aliphatic rings. The van der Waals surface area contributed by atoms with Gasteiger partial charge in [-0.1, -0.05) is 18.9 Å². The van der Waals surface area contributed by atoms with E-state index in [2.05, 4.69) is 37.4 Å². The van der Waals surface area contributed by atoms with Gasteiger partial charge in [0, 0.05) is 5.69 Å². The second kappa shape index (κ2) is 4.88. The van der Waals surface area contributed by atoms with Crippen molar-refractivity contribution in [1.29, 1.82) is 0 Å². The summed E-state index contributed by atoms with van der Waals surface area (Å²) in [6.45, 7) is 4.24. The number of hydrogen-bond donors (Lipinski definition) is 2. The van der Waals surface area contributed by atoms with Gasteiger partial charge in [-0.05, 0) is 49.9 Å². The fourth-order valence-electron chi connectivity index (χ4n) is 2.32. The molecule has 2 rings (SSSR count). The van der Waals surface area contributed by atoms with Crippen LogP contribution in [0.15, 0.2) is 18.2 Å². The van der Waals surface area contributed by atoms with Crippen LogP contribution in [0.4, 0.5) is 5.69 Å². The van der Waals surface area contributed by atoms with Gasteiger partial charge in [0.2, 0.25) is 0 Å². The number of aliphatic hydroxyl groups excluding tert-OH is 1. The lowest BCUT2D eigenvalue weighted by Gasteiger charge is -2.29. The molecule has 1 fully saturated rings. The van der Waals surface area contributed by atoms with E-state index < -0.39 is 0 Å². The van der Waals surface area contributed by atoms with E-state index in [9.17, 15) is 5.11 Å². The quantitative estimate of drug-likeness (QED) is 0.801. The Morgan fingerprint density at radius 1 is 1.12 bits per heavy atom. The average molecular weight is 219 g/mol. The molecule has 0 aliphatic heterocycles. The molecule has 0 saturated heterocycles. The van der Waals surface area contributed by atoms with Gasteiger partial charge in [-0.15, -0.1) is 0 Å². The zero-order chi connectivity index (χ0) is 11.5. The maximum absolute atomic E-state index is 9.89. The summed E-state index contributed by atoms with van der Waals surface area (Å²) < 4.78 is 0. The normalized spacial score (nSPS) is 25.4. The Labute approximate surface area is 97.7 Å². The van der Waals surface area contributed by atoms with Crippen molar-refractivity contribution in [3.8, 4) is 0 Å². The molecule has 88 valence electrons. The van der Waals surface area contributed by atoms with Crippen molar-refractivity contribution in [2.45, 2.75) is 51.7 Å². The Kier molecular flexibility index (Phi) is 3.49. The van der Waals surface area contributed by atoms with E-state index in [1.807, 2.05) is 0 Å². The van der Waals surface area contributed by atoms with Crippen LogP contribution in [0.2, 0.25) is 0 Å². The minimum Gasteiger partial charge on any atom is -0.391 e. The Morgan fingerprint density at radius 3 is 2.56 bits per heavy atom. The van der Waals surface area contributed by atoms with Crippen molar-refractivity contribution >= 4 is 5.69 Å². The molecule has 0 bridgehead atoms. The number of aliphatic hydroxyl groups is 1. The number of aryl methyl sites for hydroxylation is 2. The van der Waals surface area contributed by atoms with Crippen LogP contribution >= 0.6 is 0 Å². The predicted molar refractivity (Wildman–Crippen MR) is 67.8 cm³/mol. The first-order chi connectivity index (χ1) is 7.66. The van der Waals surface area contributed by atoms with Crippen molar-refractivity contribution in [1.82, 2.24) is 0 Å². The molecule has 2 heteroatoms. The van der Waals surface area contributed by atoms with Crippen LogP contribution in [-0.2, 0) is 0 Å². The molecule has 1 aromatic rings. The lowest BCUT2D eigenvalue weighted by Crippen LogP contribution is -2.36. The molecule has 1 saturated carbocycles. The molecule has 2 nitrogen and oxygen atoms in total. The Morgan fingerprint density at radius 2 is 1.88 bits per heavy atom. The van der Waals surface area contributed by atoms with E-state index in [0.29, 0.717) is 0 Å². The van der Waals surface area contributed by atoms with Gasteiger partial charge in [0.25, 0.3) is 0 Å². The predicted octanol–water partition coefficient (Wildman–Crippen LogP) is 3.02. The molecule has 0 amide bonds. The molecule has 16 heavy (non-hydrogen) atoms. The third-order valence-corrected chi connectivity index (χ3v) is 3.59. The van der Waals surface area contributed by atoms with Gasteiger partial charge in [-0.25, -0.2) is 0 Å². The van der Waals surface area contributed by atoms with Crippen LogP contribution in [-0.4, -0.2) is 17.3 Å². The molecule has 1 aromatic carbocycles. The number of hydrogen-bond acceptors (Lipinski definition) is 2. The van der Waals surface area contributed by atoms with E-state index >= 15 is 0 Å². The first-order valence-corrected chi connectivity index (χ1v) is 6.18. The van der Waals surface area contributed by atoms with Crippen molar-refractivity contribution < 1.29 is 5.11 Å². The van der Waals surface area contributed by atoms with Crippen LogP contribution in [0.25, 0.3) is 0 Å². The lowest BCUT2D eigenvalue weighted by atomic mass is 9.92. The molecule has 1 aliphatic carbocycles. The van der Waals surface area contributed by atoms with E-state index in [4.69, 9.17) is 0 Å². The highest BCUT2D eigenvalue weighted by molar-refractivity contribution is 5.49. The summed E-state index contributed by atoms with van der Waals surface area (Å²) in [5, 5.41) is 13.3. The zero-order valence-corrected chi connectivity index (χ0v) is 10.2. The summed E-state index contributed by atoms with van der Waals surface area (Å²) in [4.78, 5) is 0. The van der Waals surface area contributed by atoms with Gasteiger partial charge < -0.3 is 10.4 Å². The smallest absolute Gasteiger partial charge is 0.0741 e. The van der Waals surface area contributed by atoms with Crippen molar-refractivity contribution in [2.75, 3.05) is 5.32 Å². The molecule has 0 aromatic heterocycles. The Hall–Kier alpha value is -1.02. The second-order valence-electron chi connectivity index (χ2n) is 4.90. The van der Waals surface area contributed by atoms with Crippen LogP contribution in [0.5, 0.6) is 0 Å². The van der Waals surface area contributed by atoms with Crippen molar-refractivity contribution in [3.05, 3.63) is 29.3 Å². The number of anilines is 1. The highest BCUT2D eigenvalue weighted by Gasteiger charge is 2.22. The lowest BCUT2D eigenvalue weighted by molar-refractivity contribution is 0.116. The monoisotopic (exact) mass is 219 g/mol. The fourth-order valence-corrected chi connectivity index (χ4v) is 2.32. The van der Waals surface area contributed by atoms with Gasteiger partial charge >= 0.3 is 0 Å². The van der Waals surface area contributed by atoms with Crippen LogP contribution in [0, 0.1) is 13.8 Å². The van der Waals surface area contributed by atoms with Gasteiger partial charge in [0.05, 0.1) is 12.1 Å². The Balaban J connectivity index is 2.05. The minimum atomic E-state index is -0.185. The van der Waals surface area contributed by atoms with E-state index in [-0.39, 0.29) is 12.1 Å². The maximum atomic E-state index is 9.89. The molecule has 0 spiro atoms. The number of rotatable bonds is 2. The van der Waals surface area contributed by atoms with Crippen LogP contribution < -0.4 is 5.32 Å². The molecule has 0 radical (unpaired) electrons. The average Bonchev–Trinajstić information content (AvgIpc) is 2.27. The first-order valence-electron chi connectivity index (χ1n) is 6.18. The molecule has 0 unspecified atom stereocenters. The molecular weight excluding hydrogens is 198 g/mol. The van der Waals surface area contributed by atoms with Crippen LogP contribution in [0.1, 0.15) is 36.8 Å². The topological polar surface area (TPSA) is 32.3 Å². The minimum absolute atomic E-state index is 0.185. The molecule has 2 N–H and O–H groups in total. The van der Waals surface area contributed by atoms with Gasteiger partial charge in [-0.3, -0.25) is 0 Å². The zero-order valence-electron chi connectivity index (χ0n) is 10.2. The third-order valence-electron chi connectivity index (χ3n) is 3.59. The van der Waals surface area contributed by atoms with Gasteiger partial charge in [-0.2, -0.15) is 0 Å². The largest absolute Gasteiger partial charge is 0.391 e. The standard InChI is InChI=1S/C14H21NO/c1-10-7-8-12(9-11(10)2)15-13-5-3-4-6-14(13)16/h7-9,13-16H,3-6H2,1-2H3/t13-,14-/m0/s1. The van der Waals surface area contributed by atoms with E-state index in [1.165, 1.54) is 17.5 Å². The summed E-state index contributed by atoms with van der Waals surface area (Å²) in [5.41, 5.74) is 3.75. The number of benzene rings is 1. The van der Waals surface area contributed by atoms with Crippen LogP contribution in [0.3, 0.4) is 0 Å². The summed E-state index contributed by atoms with van der Waals surface area (Å²) >= 11 is 0. The highest BCUT2D eigenvalue weighted by atomic mass is 16.3. The Bertz CT molecular complexity index is 362. The third kappa shape index (κ3) is 2.56. The van der Waals surface area contributed by atoms with Gasteiger partial charge in [0.1, 0.15) is 0 Å². The highest BCUT2D eigenvalue weighted by Crippen LogP contribution is 2.23. The number of nitrogens with one attached hydrogen (secondary N) is 1. The maximum Gasteiger partial charge on any atom is 0.0741 e. The summed E-state index contributed by atoms with van der Waals surface area (Å²) in [6.07, 6.45) is 4.21. The summed E-state index contributed by atoms with van der Waals surface area (Å²) in [5.74, 6) is 0. The first kappa shape index (κ1) is 11.5. The molecular formula is C14H21NO. The van der Waals surface area contributed by atoms with E-state index in [1.54, 1.807) is 0 Å².